The predicted molar refractivity (Wildman–Crippen MR) is 61.4 cm³/mol. The summed E-state index contributed by atoms with van der Waals surface area (Å²) in [7, 11) is -1.84. The van der Waals surface area contributed by atoms with Crippen molar-refractivity contribution in [3.8, 4) is 0 Å². The molecule has 9 heteroatoms. The third kappa shape index (κ3) is 2.29. The zero-order chi connectivity index (χ0) is 16.1. The molecule has 0 bridgehead atoms. The third-order valence-corrected chi connectivity index (χ3v) is 3.47. The van der Waals surface area contributed by atoms with Crippen LogP contribution in [0.3, 0.4) is 0 Å². The maximum Gasteiger partial charge on any atom is 0.198 e. The standard InChI is InChI=1S/C12H5F7OS/c1-21(20)2-3-6(13)4-5(8(15)7(3)14)10(17)12(19)11(18)9(4)16/h2H2,1H3. The van der Waals surface area contributed by atoms with Gasteiger partial charge in [0.05, 0.1) is 16.5 Å². The molecular weight excluding hydrogens is 325 g/mol. The predicted octanol–water partition coefficient (Wildman–Crippen LogP) is 3.69. The Balaban J connectivity index is 3.07. The van der Waals surface area contributed by atoms with Crippen LogP contribution in [-0.4, -0.2) is 10.5 Å². The van der Waals surface area contributed by atoms with E-state index in [1.165, 1.54) is 0 Å². The van der Waals surface area contributed by atoms with Crippen LogP contribution < -0.4 is 0 Å². The van der Waals surface area contributed by atoms with Gasteiger partial charge < -0.3 is 0 Å². The molecule has 0 aromatic heterocycles. The number of hydrogen-bond donors (Lipinski definition) is 0. The highest BCUT2D eigenvalue weighted by molar-refractivity contribution is 7.83. The lowest BCUT2D eigenvalue weighted by Crippen LogP contribution is -2.09. The van der Waals surface area contributed by atoms with Gasteiger partial charge in [-0.2, -0.15) is 0 Å². The minimum Gasteiger partial charge on any atom is -0.260 e. The number of rotatable bonds is 2. The van der Waals surface area contributed by atoms with Crippen LogP contribution in [0, 0.1) is 40.7 Å². The molecule has 0 spiro atoms. The highest BCUT2D eigenvalue weighted by atomic mass is 32.2. The Hall–Kier alpha value is -1.64. The monoisotopic (exact) mass is 330 g/mol. The van der Waals surface area contributed by atoms with E-state index in [0.717, 1.165) is 6.26 Å². The van der Waals surface area contributed by atoms with Crippen molar-refractivity contribution in [3.05, 3.63) is 46.3 Å². The summed E-state index contributed by atoms with van der Waals surface area (Å²) < 4.78 is 105. The van der Waals surface area contributed by atoms with Gasteiger partial charge in [0.2, 0.25) is 0 Å². The van der Waals surface area contributed by atoms with Crippen molar-refractivity contribution in [2.24, 2.45) is 0 Å². The molecule has 0 fully saturated rings. The van der Waals surface area contributed by atoms with Crippen molar-refractivity contribution in [1.82, 2.24) is 0 Å². The minimum absolute atomic E-state index is 0.843. The summed E-state index contributed by atoms with van der Waals surface area (Å²) in [5, 5.41) is -3.24. The lowest BCUT2D eigenvalue weighted by molar-refractivity contribution is 0.411. The van der Waals surface area contributed by atoms with Crippen molar-refractivity contribution >= 4 is 21.6 Å². The maximum absolute atomic E-state index is 14.0. The molecule has 1 nitrogen and oxygen atoms in total. The highest BCUT2D eigenvalue weighted by Crippen LogP contribution is 2.34. The molecule has 2 rings (SSSR count). The molecule has 2 aromatic rings. The largest absolute Gasteiger partial charge is 0.260 e. The van der Waals surface area contributed by atoms with Crippen molar-refractivity contribution in [3.63, 3.8) is 0 Å². The van der Waals surface area contributed by atoms with E-state index in [2.05, 4.69) is 0 Å². The third-order valence-electron chi connectivity index (χ3n) is 2.78. The van der Waals surface area contributed by atoms with E-state index in [-0.39, 0.29) is 0 Å². The van der Waals surface area contributed by atoms with Crippen LogP contribution >= 0.6 is 0 Å². The van der Waals surface area contributed by atoms with Gasteiger partial charge in [-0.25, -0.2) is 30.7 Å². The Labute approximate surface area is 115 Å². The van der Waals surface area contributed by atoms with E-state index < -0.39 is 73.6 Å². The van der Waals surface area contributed by atoms with E-state index in [4.69, 9.17) is 0 Å². The van der Waals surface area contributed by atoms with Gasteiger partial charge >= 0.3 is 0 Å². The summed E-state index contributed by atoms with van der Waals surface area (Å²) >= 11 is 0. The van der Waals surface area contributed by atoms with Crippen molar-refractivity contribution in [2.45, 2.75) is 5.75 Å². The van der Waals surface area contributed by atoms with Gasteiger partial charge in [0.25, 0.3) is 0 Å². The summed E-state index contributed by atoms with van der Waals surface area (Å²) in [4.78, 5) is 0. The molecule has 0 saturated carbocycles. The molecule has 1 unspecified atom stereocenters. The van der Waals surface area contributed by atoms with Gasteiger partial charge in [0.15, 0.2) is 34.9 Å². The number of halogens is 7. The van der Waals surface area contributed by atoms with E-state index in [9.17, 15) is 34.9 Å². The molecule has 0 N–H and O–H groups in total. The molecule has 0 aliphatic heterocycles. The van der Waals surface area contributed by atoms with Crippen LogP contribution in [0.1, 0.15) is 5.56 Å². The summed E-state index contributed by atoms with van der Waals surface area (Å²) in [6, 6.07) is 0. The normalized spacial score (nSPS) is 13.0. The molecular formula is C12H5F7OS. The number of hydrogen-bond acceptors (Lipinski definition) is 1. The van der Waals surface area contributed by atoms with E-state index in [1.807, 2.05) is 0 Å². The van der Waals surface area contributed by atoms with E-state index in [0.29, 0.717) is 0 Å². The molecule has 0 saturated heterocycles. The Bertz CT molecular complexity index is 788. The number of benzene rings is 2. The molecule has 21 heavy (non-hydrogen) atoms. The fourth-order valence-electron chi connectivity index (χ4n) is 1.86. The molecule has 0 heterocycles. The zero-order valence-electron chi connectivity index (χ0n) is 10.2. The minimum atomic E-state index is -2.38. The SMILES string of the molecule is CS(=O)Cc1c(F)c(F)c2c(F)c(F)c(F)c(F)c2c1F. The van der Waals surface area contributed by atoms with Crippen LogP contribution in [0.2, 0.25) is 0 Å². The Morgan fingerprint density at radius 1 is 0.667 bits per heavy atom. The van der Waals surface area contributed by atoms with Crippen LogP contribution in [0.25, 0.3) is 10.8 Å². The van der Waals surface area contributed by atoms with Gasteiger partial charge in [-0.1, -0.05) is 0 Å². The van der Waals surface area contributed by atoms with Crippen molar-refractivity contribution in [1.29, 1.82) is 0 Å². The lowest BCUT2D eigenvalue weighted by atomic mass is 10.0. The zero-order valence-corrected chi connectivity index (χ0v) is 11.0. The van der Waals surface area contributed by atoms with Gasteiger partial charge in [0.1, 0.15) is 5.82 Å². The van der Waals surface area contributed by atoms with Gasteiger partial charge in [0, 0.05) is 22.6 Å². The maximum atomic E-state index is 14.0. The van der Waals surface area contributed by atoms with Crippen LogP contribution in [0.15, 0.2) is 0 Å². The summed E-state index contributed by atoms with van der Waals surface area (Å²) in [5.74, 6) is -15.9. The molecule has 1 atom stereocenters. The van der Waals surface area contributed by atoms with Gasteiger partial charge in [-0.3, -0.25) is 4.21 Å². The quantitative estimate of drug-likeness (QED) is 0.466. The second-order valence-corrected chi connectivity index (χ2v) is 5.58. The topological polar surface area (TPSA) is 17.1 Å². The second kappa shape index (κ2) is 5.28. The van der Waals surface area contributed by atoms with Crippen LogP contribution in [-0.2, 0) is 16.6 Å². The molecule has 2 aromatic carbocycles. The van der Waals surface area contributed by atoms with Gasteiger partial charge in [-0.15, -0.1) is 0 Å². The summed E-state index contributed by atoms with van der Waals surface area (Å²) in [5.41, 5.74) is -1.13. The first-order valence-corrected chi connectivity index (χ1v) is 7.02. The summed E-state index contributed by atoms with van der Waals surface area (Å²) in [6.45, 7) is 0. The van der Waals surface area contributed by atoms with E-state index in [1.54, 1.807) is 0 Å². The Morgan fingerprint density at radius 3 is 1.48 bits per heavy atom. The van der Waals surface area contributed by atoms with Crippen LogP contribution in [0.4, 0.5) is 30.7 Å². The fraction of sp³-hybridized carbons (Fsp3) is 0.167. The second-order valence-electron chi connectivity index (χ2n) is 4.14. The average Bonchev–Trinajstić information content (AvgIpc) is 2.42. The molecule has 0 aliphatic rings. The molecule has 0 radical (unpaired) electrons. The van der Waals surface area contributed by atoms with Gasteiger partial charge in [-0.05, 0) is 0 Å². The van der Waals surface area contributed by atoms with E-state index >= 15 is 0 Å². The average molecular weight is 330 g/mol. The number of fused-ring (bicyclic) bond motifs is 1. The van der Waals surface area contributed by atoms with Crippen molar-refractivity contribution < 1.29 is 34.9 Å². The first-order valence-electron chi connectivity index (χ1n) is 5.29. The Kier molecular flexibility index (Phi) is 3.96. The van der Waals surface area contributed by atoms with Crippen molar-refractivity contribution in [2.75, 3.05) is 6.26 Å². The molecule has 0 amide bonds. The fourth-order valence-corrected chi connectivity index (χ4v) is 2.52. The lowest BCUT2D eigenvalue weighted by Gasteiger charge is -2.11. The van der Waals surface area contributed by atoms with Crippen LogP contribution in [0.5, 0.6) is 0 Å². The first-order chi connectivity index (χ1) is 9.68. The molecule has 0 aliphatic carbocycles. The first kappa shape index (κ1) is 15.7. The smallest absolute Gasteiger partial charge is 0.198 e. The molecule has 114 valence electrons. The Morgan fingerprint density at radius 2 is 1.05 bits per heavy atom. The highest BCUT2D eigenvalue weighted by Gasteiger charge is 2.30. The summed E-state index contributed by atoms with van der Waals surface area (Å²) in [6.07, 6.45) is 1.03.